The molecular formula is C15H27IN4O2S. The summed E-state index contributed by atoms with van der Waals surface area (Å²) < 4.78 is 5.17. The van der Waals surface area contributed by atoms with E-state index < -0.39 is 11.7 Å². The van der Waals surface area contributed by atoms with Gasteiger partial charge in [-0.2, -0.15) is 0 Å². The fourth-order valence-corrected chi connectivity index (χ4v) is 2.19. The smallest absolute Gasteiger partial charge is 0.407 e. The van der Waals surface area contributed by atoms with E-state index in [0.717, 1.165) is 12.5 Å². The minimum atomic E-state index is -0.478. The van der Waals surface area contributed by atoms with Crippen LogP contribution in [0.4, 0.5) is 4.79 Å². The first-order valence-electron chi connectivity index (χ1n) is 7.42. The van der Waals surface area contributed by atoms with Crippen molar-refractivity contribution in [3.05, 3.63) is 22.4 Å². The molecule has 1 heterocycles. The number of ether oxygens (including phenoxy) is 1. The van der Waals surface area contributed by atoms with Crippen LogP contribution < -0.4 is 16.0 Å². The molecule has 0 unspecified atom stereocenters. The van der Waals surface area contributed by atoms with Gasteiger partial charge in [0.25, 0.3) is 0 Å². The van der Waals surface area contributed by atoms with Crippen molar-refractivity contribution in [1.29, 1.82) is 0 Å². The zero-order valence-electron chi connectivity index (χ0n) is 14.1. The monoisotopic (exact) mass is 454 g/mol. The molecule has 6 nitrogen and oxygen atoms in total. The van der Waals surface area contributed by atoms with E-state index in [1.807, 2.05) is 39.1 Å². The van der Waals surface area contributed by atoms with Crippen LogP contribution in [0.25, 0.3) is 0 Å². The molecule has 1 aromatic rings. The van der Waals surface area contributed by atoms with Gasteiger partial charge in [0.1, 0.15) is 5.60 Å². The number of thiophene rings is 1. The Balaban J connectivity index is 0.00000484. The van der Waals surface area contributed by atoms with Gasteiger partial charge >= 0.3 is 6.09 Å². The number of alkyl carbamates (subject to hydrolysis) is 1. The van der Waals surface area contributed by atoms with Crippen LogP contribution in [0.2, 0.25) is 0 Å². The highest BCUT2D eigenvalue weighted by molar-refractivity contribution is 14.0. The van der Waals surface area contributed by atoms with Gasteiger partial charge in [0.05, 0.1) is 6.54 Å². The summed E-state index contributed by atoms with van der Waals surface area (Å²) in [6.07, 6.45) is -0.408. The van der Waals surface area contributed by atoms with Crippen LogP contribution in [0.3, 0.4) is 0 Å². The molecule has 0 atom stereocenters. The van der Waals surface area contributed by atoms with E-state index in [2.05, 4.69) is 27.0 Å². The number of hydrogen-bond acceptors (Lipinski definition) is 4. The molecule has 23 heavy (non-hydrogen) atoms. The lowest BCUT2D eigenvalue weighted by atomic mass is 10.2. The van der Waals surface area contributed by atoms with E-state index in [4.69, 9.17) is 4.74 Å². The summed E-state index contributed by atoms with van der Waals surface area (Å²) in [5.41, 5.74) is -0.478. The number of guanidine groups is 1. The predicted octanol–water partition coefficient (Wildman–Crippen LogP) is 2.95. The molecule has 0 aliphatic rings. The average molecular weight is 454 g/mol. The van der Waals surface area contributed by atoms with Crippen molar-refractivity contribution in [3.63, 3.8) is 0 Å². The largest absolute Gasteiger partial charge is 0.444 e. The van der Waals surface area contributed by atoms with Crippen molar-refractivity contribution >= 4 is 47.4 Å². The summed E-state index contributed by atoms with van der Waals surface area (Å²) in [6, 6.07) is 4.07. The average Bonchev–Trinajstić information content (AvgIpc) is 2.92. The number of aliphatic imine (C=N–C) groups is 1. The lowest BCUT2D eigenvalue weighted by Crippen LogP contribution is -2.42. The SMILES string of the molecule is CCNC(=NCc1cccs1)NCCNC(=O)OC(C)(C)C.I. The Morgan fingerprint density at radius 3 is 2.52 bits per heavy atom. The molecule has 8 heteroatoms. The Hall–Kier alpha value is -1.03. The van der Waals surface area contributed by atoms with Crippen molar-refractivity contribution in [2.75, 3.05) is 19.6 Å². The first-order valence-corrected chi connectivity index (χ1v) is 8.30. The first kappa shape index (κ1) is 22.0. The Morgan fingerprint density at radius 2 is 1.96 bits per heavy atom. The molecule has 0 saturated heterocycles. The van der Waals surface area contributed by atoms with E-state index in [1.165, 1.54) is 4.88 Å². The second-order valence-corrected chi connectivity index (χ2v) is 6.66. The maximum Gasteiger partial charge on any atom is 0.407 e. The standard InChI is InChI=1S/C15H26N4O2S.HI/c1-5-16-13(19-11-12-7-6-10-22-12)17-8-9-18-14(20)21-15(2,3)4;/h6-7,10H,5,8-9,11H2,1-4H3,(H,18,20)(H2,16,17,19);1H. The number of nitrogens with zero attached hydrogens (tertiary/aromatic N) is 1. The number of amides is 1. The van der Waals surface area contributed by atoms with Crippen LogP contribution >= 0.6 is 35.3 Å². The molecular weight excluding hydrogens is 427 g/mol. The van der Waals surface area contributed by atoms with E-state index >= 15 is 0 Å². The molecule has 0 fully saturated rings. The second kappa shape index (κ2) is 11.5. The third-order valence-electron chi connectivity index (χ3n) is 2.40. The molecule has 1 amide bonds. The minimum absolute atomic E-state index is 0. The number of carbonyl (C=O) groups is 1. The minimum Gasteiger partial charge on any atom is -0.444 e. The number of carbonyl (C=O) groups excluding carboxylic acids is 1. The van der Waals surface area contributed by atoms with Crippen LogP contribution in [0.1, 0.15) is 32.6 Å². The second-order valence-electron chi connectivity index (χ2n) is 5.63. The number of halogens is 1. The highest BCUT2D eigenvalue weighted by Crippen LogP contribution is 2.09. The Labute approximate surface area is 159 Å². The van der Waals surface area contributed by atoms with Crippen LogP contribution in [-0.2, 0) is 11.3 Å². The Bertz CT molecular complexity index is 472. The van der Waals surface area contributed by atoms with Gasteiger partial charge in [0.2, 0.25) is 0 Å². The van der Waals surface area contributed by atoms with Gasteiger partial charge in [0, 0.05) is 24.5 Å². The predicted molar refractivity (Wildman–Crippen MR) is 107 cm³/mol. The fourth-order valence-electron chi connectivity index (χ4n) is 1.56. The number of rotatable bonds is 6. The van der Waals surface area contributed by atoms with E-state index in [9.17, 15) is 4.79 Å². The maximum absolute atomic E-state index is 11.5. The maximum atomic E-state index is 11.5. The van der Waals surface area contributed by atoms with Gasteiger partial charge in [-0.3, -0.25) is 0 Å². The van der Waals surface area contributed by atoms with Gasteiger partial charge in [-0.1, -0.05) is 6.07 Å². The van der Waals surface area contributed by atoms with Crippen molar-refractivity contribution < 1.29 is 9.53 Å². The van der Waals surface area contributed by atoms with Gasteiger partial charge in [-0.05, 0) is 39.1 Å². The van der Waals surface area contributed by atoms with Crippen molar-refractivity contribution in [3.8, 4) is 0 Å². The molecule has 0 aromatic carbocycles. The molecule has 0 saturated carbocycles. The zero-order valence-corrected chi connectivity index (χ0v) is 17.3. The van der Waals surface area contributed by atoms with E-state index in [0.29, 0.717) is 19.6 Å². The van der Waals surface area contributed by atoms with Crippen LogP contribution in [0.5, 0.6) is 0 Å². The molecule has 0 aliphatic carbocycles. The van der Waals surface area contributed by atoms with E-state index in [-0.39, 0.29) is 24.0 Å². The molecule has 1 rings (SSSR count). The van der Waals surface area contributed by atoms with E-state index in [1.54, 1.807) is 11.3 Å². The van der Waals surface area contributed by atoms with Gasteiger partial charge in [-0.15, -0.1) is 35.3 Å². The number of nitrogens with one attached hydrogen (secondary N) is 3. The first-order chi connectivity index (χ1) is 10.4. The molecule has 0 radical (unpaired) electrons. The lowest BCUT2D eigenvalue weighted by Gasteiger charge is -2.19. The van der Waals surface area contributed by atoms with Crippen LogP contribution in [0.15, 0.2) is 22.5 Å². The molecule has 0 spiro atoms. The third kappa shape index (κ3) is 11.2. The molecule has 1 aromatic heterocycles. The van der Waals surface area contributed by atoms with Crippen LogP contribution in [-0.4, -0.2) is 37.3 Å². The third-order valence-corrected chi connectivity index (χ3v) is 3.26. The summed E-state index contributed by atoms with van der Waals surface area (Å²) in [6.45, 7) is 10.0. The number of hydrogen-bond donors (Lipinski definition) is 3. The summed E-state index contributed by atoms with van der Waals surface area (Å²) in [4.78, 5) is 17.2. The molecule has 132 valence electrons. The van der Waals surface area contributed by atoms with Crippen molar-refractivity contribution in [2.24, 2.45) is 4.99 Å². The van der Waals surface area contributed by atoms with Gasteiger partial charge < -0.3 is 20.7 Å². The van der Waals surface area contributed by atoms with Crippen molar-refractivity contribution in [2.45, 2.75) is 39.8 Å². The summed E-state index contributed by atoms with van der Waals surface area (Å²) in [7, 11) is 0. The van der Waals surface area contributed by atoms with Gasteiger partial charge in [0.15, 0.2) is 5.96 Å². The topological polar surface area (TPSA) is 74.8 Å². The molecule has 0 aliphatic heterocycles. The Morgan fingerprint density at radius 1 is 1.26 bits per heavy atom. The normalized spacial score (nSPS) is 11.4. The Kier molecular flexibility index (Phi) is 11.0. The highest BCUT2D eigenvalue weighted by Gasteiger charge is 2.15. The summed E-state index contributed by atoms with van der Waals surface area (Å²) in [5, 5.41) is 11.1. The van der Waals surface area contributed by atoms with Gasteiger partial charge in [-0.25, -0.2) is 9.79 Å². The molecule has 0 bridgehead atoms. The van der Waals surface area contributed by atoms with Crippen LogP contribution in [0, 0.1) is 0 Å². The lowest BCUT2D eigenvalue weighted by molar-refractivity contribution is 0.0529. The summed E-state index contributed by atoms with van der Waals surface area (Å²) in [5.74, 6) is 0.738. The quantitative estimate of drug-likeness (QED) is 0.268. The highest BCUT2D eigenvalue weighted by atomic mass is 127. The fraction of sp³-hybridized carbons (Fsp3) is 0.600. The zero-order chi connectivity index (χ0) is 16.4. The molecule has 3 N–H and O–H groups in total. The summed E-state index contributed by atoms with van der Waals surface area (Å²) >= 11 is 1.68. The van der Waals surface area contributed by atoms with Crippen molar-refractivity contribution in [1.82, 2.24) is 16.0 Å².